The Labute approximate surface area is 127 Å². The first kappa shape index (κ1) is 13.8. The Balaban J connectivity index is 1.60. The van der Waals surface area contributed by atoms with Gasteiger partial charge in [0.05, 0.1) is 6.42 Å². The molecule has 2 heterocycles. The molecular weight excluding hydrogens is 284 g/mol. The average Bonchev–Trinajstić information content (AvgIpc) is 3.11. The number of nitrogens with one attached hydrogen (secondary N) is 1. The van der Waals surface area contributed by atoms with Crippen molar-refractivity contribution in [3.63, 3.8) is 0 Å². The minimum Gasteiger partial charge on any atom is -0.344 e. The molecule has 0 bridgehead atoms. The number of thiophene rings is 1. The molecule has 5 heteroatoms. The van der Waals surface area contributed by atoms with E-state index < -0.39 is 6.04 Å². The van der Waals surface area contributed by atoms with Gasteiger partial charge in [-0.15, -0.1) is 11.3 Å². The lowest BCUT2D eigenvalue weighted by atomic mass is 10.2. The van der Waals surface area contributed by atoms with Crippen LogP contribution >= 0.6 is 11.3 Å². The zero-order valence-corrected chi connectivity index (χ0v) is 12.3. The summed E-state index contributed by atoms with van der Waals surface area (Å²) in [6.45, 7) is 0.646. The molecule has 1 atom stereocenters. The smallest absolute Gasteiger partial charge is 0.249 e. The topological polar surface area (TPSA) is 49.4 Å². The van der Waals surface area contributed by atoms with E-state index in [1.807, 2.05) is 47.8 Å². The average molecular weight is 300 g/mol. The normalized spacial score (nSPS) is 18.0. The highest BCUT2D eigenvalue weighted by molar-refractivity contribution is 7.10. The summed E-state index contributed by atoms with van der Waals surface area (Å²) in [5.74, 6) is -0.119. The van der Waals surface area contributed by atoms with Crippen molar-refractivity contribution in [1.82, 2.24) is 5.32 Å². The van der Waals surface area contributed by atoms with Gasteiger partial charge in [0.15, 0.2) is 0 Å². The van der Waals surface area contributed by atoms with Gasteiger partial charge in [0.25, 0.3) is 0 Å². The molecule has 3 rings (SSSR count). The fraction of sp³-hybridized carbons (Fsp3) is 0.250. The van der Waals surface area contributed by atoms with E-state index in [1.165, 1.54) is 0 Å². The van der Waals surface area contributed by atoms with Gasteiger partial charge in [-0.1, -0.05) is 24.3 Å². The predicted octanol–water partition coefficient (Wildman–Crippen LogP) is 2.21. The molecule has 1 aliphatic rings. The fourth-order valence-corrected chi connectivity index (χ4v) is 3.20. The van der Waals surface area contributed by atoms with Crippen molar-refractivity contribution in [1.29, 1.82) is 0 Å². The lowest BCUT2D eigenvalue weighted by Gasteiger charge is -2.17. The second-order valence-electron chi connectivity index (χ2n) is 4.99. The molecule has 0 aliphatic carbocycles. The van der Waals surface area contributed by atoms with Crippen molar-refractivity contribution in [3.05, 3.63) is 52.7 Å². The molecule has 0 saturated carbocycles. The molecule has 1 aliphatic heterocycles. The van der Waals surface area contributed by atoms with Crippen LogP contribution in [0.15, 0.2) is 47.8 Å². The highest BCUT2D eigenvalue weighted by atomic mass is 32.1. The Morgan fingerprint density at radius 2 is 2.05 bits per heavy atom. The van der Waals surface area contributed by atoms with Crippen LogP contribution in [0.1, 0.15) is 11.3 Å². The minimum absolute atomic E-state index is 0.0271. The molecule has 1 saturated heterocycles. The summed E-state index contributed by atoms with van der Waals surface area (Å²) in [6.07, 6.45) is 0.997. The largest absolute Gasteiger partial charge is 0.344 e. The molecule has 1 N–H and O–H groups in total. The van der Waals surface area contributed by atoms with Crippen molar-refractivity contribution in [2.45, 2.75) is 18.9 Å². The molecule has 21 heavy (non-hydrogen) atoms. The third kappa shape index (κ3) is 3.13. The molecule has 0 unspecified atom stereocenters. The summed E-state index contributed by atoms with van der Waals surface area (Å²) in [5, 5.41) is 4.79. The molecule has 1 fully saturated rings. The SMILES string of the molecule is O=C(Cc1cccs1)N[C@@H]1CCN(c2ccccc2)C1=O. The first-order chi connectivity index (χ1) is 10.2. The van der Waals surface area contributed by atoms with Crippen LogP contribution in [0.4, 0.5) is 5.69 Å². The van der Waals surface area contributed by atoms with Gasteiger partial charge in [-0.05, 0) is 30.0 Å². The molecule has 2 amide bonds. The Morgan fingerprint density at radius 3 is 2.76 bits per heavy atom. The van der Waals surface area contributed by atoms with Crippen molar-refractivity contribution in [2.24, 2.45) is 0 Å². The van der Waals surface area contributed by atoms with Gasteiger partial charge in [0.1, 0.15) is 6.04 Å². The summed E-state index contributed by atoms with van der Waals surface area (Å²) in [4.78, 5) is 27.1. The van der Waals surface area contributed by atoms with E-state index in [0.717, 1.165) is 10.6 Å². The predicted molar refractivity (Wildman–Crippen MR) is 83.4 cm³/mol. The van der Waals surface area contributed by atoms with Crippen LogP contribution < -0.4 is 10.2 Å². The lowest BCUT2D eigenvalue weighted by Crippen LogP contribution is -2.42. The summed E-state index contributed by atoms with van der Waals surface area (Å²) < 4.78 is 0. The van der Waals surface area contributed by atoms with Gasteiger partial charge >= 0.3 is 0 Å². The van der Waals surface area contributed by atoms with Gasteiger partial charge in [-0.2, -0.15) is 0 Å². The Hall–Kier alpha value is -2.14. The quantitative estimate of drug-likeness (QED) is 0.941. The molecular formula is C16H16N2O2S. The first-order valence-corrected chi connectivity index (χ1v) is 7.80. The van der Waals surface area contributed by atoms with Crippen molar-refractivity contribution >= 4 is 28.8 Å². The third-order valence-corrected chi connectivity index (χ3v) is 4.40. The fourth-order valence-electron chi connectivity index (χ4n) is 2.49. The van der Waals surface area contributed by atoms with Crippen LogP contribution in [0.5, 0.6) is 0 Å². The summed E-state index contributed by atoms with van der Waals surface area (Å²) in [5.41, 5.74) is 0.887. The van der Waals surface area contributed by atoms with Crippen LogP contribution in [-0.2, 0) is 16.0 Å². The van der Waals surface area contributed by atoms with Gasteiger partial charge in [-0.25, -0.2) is 0 Å². The molecule has 4 nitrogen and oxygen atoms in total. The Bertz CT molecular complexity index is 625. The molecule has 1 aromatic heterocycles. The van der Waals surface area contributed by atoms with E-state index in [-0.39, 0.29) is 11.8 Å². The number of para-hydroxylation sites is 1. The summed E-state index contributed by atoms with van der Waals surface area (Å²) in [7, 11) is 0. The van der Waals surface area contributed by atoms with E-state index in [9.17, 15) is 9.59 Å². The van der Waals surface area contributed by atoms with Gasteiger partial charge in [0, 0.05) is 17.1 Å². The Morgan fingerprint density at radius 1 is 1.24 bits per heavy atom. The van der Waals surface area contributed by atoms with Crippen LogP contribution in [0, 0.1) is 0 Å². The van der Waals surface area contributed by atoms with Gasteiger partial charge < -0.3 is 10.2 Å². The summed E-state index contributed by atoms with van der Waals surface area (Å²) in [6, 6.07) is 13.0. The Kier molecular flexibility index (Phi) is 4.01. The highest BCUT2D eigenvalue weighted by Gasteiger charge is 2.33. The maximum absolute atomic E-state index is 12.4. The number of amides is 2. The van der Waals surface area contributed by atoms with Crippen LogP contribution in [0.2, 0.25) is 0 Å². The number of hydrogen-bond acceptors (Lipinski definition) is 3. The second kappa shape index (κ2) is 6.10. The van der Waals surface area contributed by atoms with E-state index in [2.05, 4.69) is 5.32 Å². The highest BCUT2D eigenvalue weighted by Crippen LogP contribution is 2.21. The van der Waals surface area contributed by atoms with Crippen LogP contribution in [0.25, 0.3) is 0 Å². The van der Waals surface area contributed by atoms with Crippen molar-refractivity contribution in [2.75, 3.05) is 11.4 Å². The van der Waals surface area contributed by atoms with Crippen molar-refractivity contribution < 1.29 is 9.59 Å². The monoisotopic (exact) mass is 300 g/mol. The lowest BCUT2D eigenvalue weighted by molar-refractivity contribution is -0.126. The number of nitrogens with zero attached hydrogens (tertiary/aromatic N) is 1. The number of carbonyl (C=O) groups is 2. The number of hydrogen-bond donors (Lipinski definition) is 1. The molecule has 1 aromatic carbocycles. The molecule has 0 spiro atoms. The van der Waals surface area contributed by atoms with E-state index in [4.69, 9.17) is 0 Å². The molecule has 2 aromatic rings. The van der Waals surface area contributed by atoms with Crippen LogP contribution in [0.3, 0.4) is 0 Å². The van der Waals surface area contributed by atoms with Crippen LogP contribution in [-0.4, -0.2) is 24.4 Å². The zero-order chi connectivity index (χ0) is 14.7. The first-order valence-electron chi connectivity index (χ1n) is 6.92. The van der Waals surface area contributed by atoms with E-state index in [0.29, 0.717) is 19.4 Å². The standard InChI is InChI=1S/C16H16N2O2S/c19-15(11-13-7-4-10-21-13)17-14-8-9-18(16(14)20)12-5-2-1-3-6-12/h1-7,10,14H,8-9,11H2,(H,17,19)/t14-/m1/s1. The summed E-state index contributed by atoms with van der Waals surface area (Å²) >= 11 is 1.55. The minimum atomic E-state index is -0.405. The molecule has 0 radical (unpaired) electrons. The zero-order valence-electron chi connectivity index (χ0n) is 11.5. The molecule has 108 valence electrons. The van der Waals surface area contributed by atoms with Crippen molar-refractivity contribution in [3.8, 4) is 0 Å². The second-order valence-corrected chi connectivity index (χ2v) is 6.02. The number of rotatable bonds is 4. The maximum Gasteiger partial charge on any atom is 0.249 e. The maximum atomic E-state index is 12.4. The number of benzene rings is 1. The number of carbonyl (C=O) groups excluding carboxylic acids is 2. The number of anilines is 1. The van der Waals surface area contributed by atoms with Gasteiger partial charge in [0.2, 0.25) is 11.8 Å². The third-order valence-electron chi connectivity index (χ3n) is 3.52. The van der Waals surface area contributed by atoms with E-state index >= 15 is 0 Å². The van der Waals surface area contributed by atoms with Gasteiger partial charge in [-0.3, -0.25) is 9.59 Å². The van der Waals surface area contributed by atoms with E-state index in [1.54, 1.807) is 16.2 Å².